The quantitative estimate of drug-likeness (QED) is 0.0726. The van der Waals surface area contributed by atoms with Crippen LogP contribution in [0.3, 0.4) is 0 Å². The molecule has 0 aromatic rings. The van der Waals surface area contributed by atoms with Crippen molar-refractivity contribution in [2.45, 2.75) is 161 Å². The molecule has 0 aromatic heterocycles. The molecule has 0 aromatic carbocycles. The Labute approximate surface area is 239 Å². The molecule has 230 valence electrons. The van der Waals surface area contributed by atoms with E-state index in [9.17, 15) is 0 Å². The van der Waals surface area contributed by atoms with E-state index in [1.165, 1.54) is 44.9 Å². The molecule has 0 spiro atoms. The van der Waals surface area contributed by atoms with Crippen molar-refractivity contribution in [3.8, 4) is 0 Å². The van der Waals surface area contributed by atoms with Crippen molar-refractivity contribution in [1.82, 2.24) is 0 Å². The van der Waals surface area contributed by atoms with Crippen LogP contribution in [0.2, 0.25) is 36.3 Å². The highest BCUT2D eigenvalue weighted by molar-refractivity contribution is 6.74. The molecular weight excluding hydrogens is 512 g/mol. The Hall–Kier alpha value is 0.194. The molecule has 0 unspecified atom stereocenters. The summed E-state index contributed by atoms with van der Waals surface area (Å²) in [4.78, 5) is 0. The fraction of sp³-hybridized carbons (Fsp3) is 1.00. The lowest BCUT2D eigenvalue weighted by Crippen LogP contribution is -2.48. The van der Waals surface area contributed by atoms with E-state index in [0.717, 1.165) is 12.8 Å². The third kappa shape index (κ3) is 15.3. The van der Waals surface area contributed by atoms with Crippen LogP contribution in [-0.4, -0.2) is 69.4 Å². The normalized spacial score (nSPS) is 16.0. The zero-order valence-electron chi connectivity index (χ0n) is 27.7. The van der Waals surface area contributed by atoms with Gasteiger partial charge in [-0.3, -0.25) is 0 Å². The Bertz CT molecular complexity index is 586. The van der Waals surface area contributed by atoms with Gasteiger partial charge < -0.3 is 27.8 Å². The number of rotatable bonds is 22. The summed E-state index contributed by atoms with van der Waals surface area (Å²) in [6.07, 6.45) is 10.5. The third-order valence-electron chi connectivity index (χ3n) is 8.52. The van der Waals surface area contributed by atoms with E-state index in [-0.39, 0.29) is 42.0 Å². The Morgan fingerprint density at radius 1 is 0.632 bits per heavy atom. The predicted molar refractivity (Wildman–Crippen MR) is 166 cm³/mol. The highest BCUT2D eigenvalue weighted by atomic mass is 28.4. The first-order valence-electron chi connectivity index (χ1n) is 15.0. The molecular formula is C30H66O6Si2. The van der Waals surface area contributed by atoms with Crippen LogP contribution in [0.5, 0.6) is 0 Å². The molecule has 0 aliphatic rings. The van der Waals surface area contributed by atoms with Crippen LogP contribution < -0.4 is 0 Å². The molecule has 0 rings (SSSR count). The minimum atomic E-state index is -1.96. The first-order chi connectivity index (χ1) is 17.5. The second-order valence-corrected chi connectivity index (χ2v) is 23.5. The second-order valence-electron chi connectivity index (χ2n) is 13.9. The van der Waals surface area contributed by atoms with Crippen molar-refractivity contribution in [1.29, 1.82) is 0 Å². The van der Waals surface area contributed by atoms with Crippen LogP contribution in [-0.2, 0) is 27.8 Å². The topological polar surface area (TPSA) is 55.4 Å². The first kappa shape index (κ1) is 38.2. The maximum absolute atomic E-state index is 7.01. The fourth-order valence-corrected chi connectivity index (χ4v) is 6.23. The SMILES string of the molecule is CCCCCCCCC[C@@H](C[C@@H](OCOC)[C@@H](CO[Si](C)(C)C(C)(C)C)OCOC)O[Si](C)(C)C(C)(C)C. The van der Waals surface area contributed by atoms with Gasteiger partial charge in [-0.2, -0.15) is 0 Å². The van der Waals surface area contributed by atoms with E-state index in [2.05, 4.69) is 74.7 Å². The molecule has 6 nitrogen and oxygen atoms in total. The number of methoxy groups -OCH3 is 2. The molecule has 0 bridgehead atoms. The summed E-state index contributed by atoms with van der Waals surface area (Å²) in [6, 6.07) is 0. The molecule has 0 saturated heterocycles. The van der Waals surface area contributed by atoms with Crippen LogP contribution in [0.4, 0.5) is 0 Å². The summed E-state index contributed by atoms with van der Waals surface area (Å²) >= 11 is 0. The third-order valence-corrected chi connectivity index (χ3v) is 17.6. The van der Waals surface area contributed by atoms with Gasteiger partial charge in [0.15, 0.2) is 16.6 Å². The molecule has 0 aliphatic heterocycles. The van der Waals surface area contributed by atoms with Crippen molar-refractivity contribution in [3.05, 3.63) is 0 Å². The average Bonchev–Trinajstić information content (AvgIpc) is 2.79. The van der Waals surface area contributed by atoms with Crippen molar-refractivity contribution in [2.75, 3.05) is 34.4 Å². The highest BCUT2D eigenvalue weighted by Gasteiger charge is 2.41. The van der Waals surface area contributed by atoms with Gasteiger partial charge in [-0.15, -0.1) is 0 Å². The smallest absolute Gasteiger partial charge is 0.192 e. The number of hydrogen-bond acceptors (Lipinski definition) is 6. The van der Waals surface area contributed by atoms with Crippen molar-refractivity contribution >= 4 is 16.6 Å². The zero-order chi connectivity index (χ0) is 29.5. The summed E-state index contributed by atoms with van der Waals surface area (Å²) in [5.41, 5.74) is 0. The summed E-state index contributed by atoms with van der Waals surface area (Å²) in [7, 11) is -0.605. The van der Waals surface area contributed by atoms with Gasteiger partial charge in [-0.05, 0) is 42.7 Å². The van der Waals surface area contributed by atoms with E-state index < -0.39 is 16.6 Å². The van der Waals surface area contributed by atoms with E-state index >= 15 is 0 Å². The lowest BCUT2D eigenvalue weighted by atomic mass is 10.0. The Morgan fingerprint density at radius 2 is 1.11 bits per heavy atom. The number of ether oxygens (including phenoxy) is 4. The number of unbranched alkanes of at least 4 members (excludes halogenated alkanes) is 6. The molecule has 0 N–H and O–H groups in total. The largest absolute Gasteiger partial charge is 0.414 e. The molecule has 3 atom stereocenters. The fourth-order valence-electron chi connectivity index (χ4n) is 3.81. The van der Waals surface area contributed by atoms with Crippen LogP contribution in [0.1, 0.15) is 106 Å². The van der Waals surface area contributed by atoms with Gasteiger partial charge in [0, 0.05) is 26.7 Å². The highest BCUT2D eigenvalue weighted by Crippen LogP contribution is 2.39. The van der Waals surface area contributed by atoms with E-state index in [1.54, 1.807) is 14.2 Å². The second kappa shape index (κ2) is 18.6. The summed E-state index contributed by atoms with van der Waals surface area (Å²) in [5, 5.41) is 0.262. The molecule has 0 aliphatic carbocycles. The van der Waals surface area contributed by atoms with Gasteiger partial charge in [0.05, 0.1) is 12.7 Å². The minimum absolute atomic E-state index is 0.106. The van der Waals surface area contributed by atoms with Gasteiger partial charge in [-0.25, -0.2) is 0 Å². The zero-order valence-corrected chi connectivity index (χ0v) is 29.7. The van der Waals surface area contributed by atoms with Gasteiger partial charge in [0.25, 0.3) is 0 Å². The average molecular weight is 579 g/mol. The van der Waals surface area contributed by atoms with Crippen molar-refractivity contribution in [3.63, 3.8) is 0 Å². The lowest BCUT2D eigenvalue weighted by molar-refractivity contribution is -0.172. The van der Waals surface area contributed by atoms with Crippen molar-refractivity contribution < 1.29 is 27.8 Å². The Morgan fingerprint density at radius 3 is 1.58 bits per heavy atom. The molecule has 8 heteroatoms. The van der Waals surface area contributed by atoms with Gasteiger partial charge in [0.1, 0.15) is 19.7 Å². The predicted octanol–water partition coefficient (Wildman–Crippen LogP) is 8.91. The minimum Gasteiger partial charge on any atom is -0.414 e. The van der Waals surface area contributed by atoms with E-state index in [1.807, 2.05) is 0 Å². The van der Waals surface area contributed by atoms with Gasteiger partial charge >= 0.3 is 0 Å². The first-order valence-corrected chi connectivity index (χ1v) is 20.9. The monoisotopic (exact) mass is 578 g/mol. The maximum atomic E-state index is 7.01. The molecule has 0 saturated carbocycles. The Balaban J connectivity index is 5.70. The summed E-state index contributed by atoms with van der Waals surface area (Å²) in [5.74, 6) is 0. The van der Waals surface area contributed by atoms with Crippen LogP contribution in [0.15, 0.2) is 0 Å². The molecule has 38 heavy (non-hydrogen) atoms. The molecule has 0 radical (unpaired) electrons. The van der Waals surface area contributed by atoms with Crippen molar-refractivity contribution in [2.24, 2.45) is 0 Å². The standard InChI is InChI=1S/C30H66O6Si2/c1-14-15-16-17-18-19-20-21-26(36-38(12,13)30(5,6)7)22-27(33-24-31-8)28(34-25-32-9)23-35-37(10,11)29(2,3)4/h26-28H,14-25H2,1-13H3/t26-,27+,28+/m0/s1. The summed E-state index contributed by atoms with van der Waals surface area (Å²) < 4.78 is 36.7. The summed E-state index contributed by atoms with van der Waals surface area (Å²) in [6.45, 7) is 26.1. The van der Waals surface area contributed by atoms with E-state index in [4.69, 9.17) is 27.8 Å². The molecule has 0 heterocycles. The lowest BCUT2D eigenvalue weighted by Gasteiger charge is -2.41. The maximum Gasteiger partial charge on any atom is 0.192 e. The van der Waals surface area contributed by atoms with E-state index in [0.29, 0.717) is 6.61 Å². The van der Waals surface area contributed by atoms with Gasteiger partial charge in [0.2, 0.25) is 0 Å². The molecule has 0 amide bonds. The van der Waals surface area contributed by atoms with Crippen LogP contribution in [0.25, 0.3) is 0 Å². The number of hydrogen-bond donors (Lipinski definition) is 0. The van der Waals surface area contributed by atoms with Crippen LogP contribution in [0, 0.1) is 0 Å². The molecule has 0 fully saturated rings. The van der Waals surface area contributed by atoms with Gasteiger partial charge in [-0.1, -0.05) is 93.4 Å². The van der Waals surface area contributed by atoms with Crippen LogP contribution >= 0.6 is 0 Å². The Kier molecular flexibility index (Phi) is 18.7.